The molecular weight excluding hydrogens is 260 g/mol. The molecule has 0 fully saturated rings. The number of guanidine groups is 1. The van der Waals surface area contributed by atoms with Gasteiger partial charge in [0.05, 0.1) is 0 Å². The lowest BCUT2D eigenvalue weighted by molar-refractivity contribution is 0.191. The molecule has 0 radical (unpaired) electrons. The first-order valence-electron chi connectivity index (χ1n) is 8.46. The average molecular weight is 294 g/mol. The third kappa shape index (κ3) is 6.51. The smallest absolute Gasteiger partial charge is 0.191 e. The van der Waals surface area contributed by atoms with Gasteiger partial charge >= 0.3 is 0 Å². The summed E-state index contributed by atoms with van der Waals surface area (Å²) in [6.07, 6.45) is 7.90. The van der Waals surface area contributed by atoms with Crippen molar-refractivity contribution in [1.29, 1.82) is 0 Å². The van der Waals surface area contributed by atoms with Crippen molar-refractivity contribution in [2.24, 2.45) is 10.9 Å². The van der Waals surface area contributed by atoms with Crippen LogP contribution in [0.5, 0.6) is 0 Å². The van der Waals surface area contributed by atoms with E-state index in [2.05, 4.69) is 60.4 Å². The SMILES string of the molecule is CCN(CC)C(CNC(=NC)NC1CC=CC1)CC(C)C. The monoisotopic (exact) mass is 294 g/mol. The van der Waals surface area contributed by atoms with Gasteiger partial charge in [-0.3, -0.25) is 9.89 Å². The van der Waals surface area contributed by atoms with E-state index < -0.39 is 0 Å². The summed E-state index contributed by atoms with van der Waals surface area (Å²) >= 11 is 0. The molecule has 0 amide bonds. The van der Waals surface area contributed by atoms with E-state index in [-0.39, 0.29) is 0 Å². The van der Waals surface area contributed by atoms with E-state index in [1.165, 1.54) is 6.42 Å². The van der Waals surface area contributed by atoms with E-state index in [4.69, 9.17) is 0 Å². The Morgan fingerprint density at radius 2 is 1.86 bits per heavy atom. The Labute approximate surface area is 131 Å². The number of hydrogen-bond acceptors (Lipinski definition) is 2. The highest BCUT2D eigenvalue weighted by molar-refractivity contribution is 5.80. The van der Waals surface area contributed by atoms with E-state index in [9.17, 15) is 0 Å². The molecule has 0 aromatic rings. The average Bonchev–Trinajstić information content (AvgIpc) is 2.96. The van der Waals surface area contributed by atoms with Gasteiger partial charge in [0.15, 0.2) is 5.96 Å². The molecule has 0 spiro atoms. The van der Waals surface area contributed by atoms with Crippen molar-refractivity contribution >= 4 is 5.96 Å². The van der Waals surface area contributed by atoms with Crippen LogP contribution in [0.15, 0.2) is 17.1 Å². The molecule has 0 aliphatic heterocycles. The van der Waals surface area contributed by atoms with E-state index in [0.717, 1.165) is 38.4 Å². The van der Waals surface area contributed by atoms with Crippen molar-refractivity contribution in [3.63, 3.8) is 0 Å². The summed E-state index contributed by atoms with van der Waals surface area (Å²) in [6.45, 7) is 12.3. The van der Waals surface area contributed by atoms with E-state index in [0.29, 0.717) is 18.0 Å². The maximum atomic E-state index is 4.36. The highest BCUT2D eigenvalue weighted by Gasteiger charge is 2.18. The fourth-order valence-corrected chi connectivity index (χ4v) is 2.98. The fourth-order valence-electron chi connectivity index (χ4n) is 2.98. The molecule has 0 saturated carbocycles. The van der Waals surface area contributed by atoms with Gasteiger partial charge in [-0.25, -0.2) is 0 Å². The number of likely N-dealkylation sites (N-methyl/N-ethyl adjacent to an activating group) is 1. The minimum absolute atomic E-state index is 0.508. The Balaban J connectivity index is 2.48. The van der Waals surface area contributed by atoms with Crippen LogP contribution >= 0.6 is 0 Å². The molecule has 1 rings (SSSR count). The molecule has 122 valence electrons. The maximum absolute atomic E-state index is 4.36. The number of nitrogens with zero attached hydrogens (tertiary/aromatic N) is 2. The second-order valence-electron chi connectivity index (χ2n) is 6.24. The van der Waals surface area contributed by atoms with Crippen LogP contribution in [0.3, 0.4) is 0 Å². The van der Waals surface area contributed by atoms with Gasteiger partial charge in [0, 0.05) is 25.7 Å². The predicted octanol–water partition coefficient (Wildman–Crippen LogP) is 2.63. The number of rotatable bonds is 8. The summed E-state index contributed by atoms with van der Waals surface area (Å²) in [6, 6.07) is 1.08. The lowest BCUT2D eigenvalue weighted by Gasteiger charge is -2.32. The van der Waals surface area contributed by atoms with E-state index in [1.54, 1.807) is 0 Å². The lowest BCUT2D eigenvalue weighted by atomic mass is 10.0. The molecule has 4 nitrogen and oxygen atoms in total. The summed E-state index contributed by atoms with van der Waals surface area (Å²) in [5.74, 6) is 1.65. The molecule has 0 saturated heterocycles. The van der Waals surface area contributed by atoms with Crippen LogP contribution in [0, 0.1) is 5.92 Å². The molecule has 0 aromatic heterocycles. The standard InChI is InChI=1S/C17H34N4/c1-6-21(7-2)16(12-14(3)4)13-19-17(18-5)20-15-10-8-9-11-15/h8-9,14-16H,6-7,10-13H2,1-5H3,(H2,18,19,20). The quantitative estimate of drug-likeness (QED) is 0.411. The van der Waals surface area contributed by atoms with E-state index in [1.807, 2.05) is 7.05 Å². The zero-order valence-corrected chi connectivity index (χ0v) is 14.5. The maximum Gasteiger partial charge on any atom is 0.191 e. The van der Waals surface area contributed by atoms with Gasteiger partial charge in [-0.2, -0.15) is 0 Å². The van der Waals surface area contributed by atoms with Crippen molar-refractivity contribution in [2.45, 2.75) is 59.0 Å². The van der Waals surface area contributed by atoms with Gasteiger partial charge in [0.1, 0.15) is 0 Å². The molecule has 1 unspecified atom stereocenters. The summed E-state index contributed by atoms with van der Waals surface area (Å²) in [7, 11) is 1.85. The third-order valence-electron chi connectivity index (χ3n) is 4.15. The second-order valence-corrected chi connectivity index (χ2v) is 6.24. The number of nitrogens with one attached hydrogen (secondary N) is 2. The van der Waals surface area contributed by atoms with E-state index >= 15 is 0 Å². The Morgan fingerprint density at radius 3 is 2.33 bits per heavy atom. The molecule has 0 heterocycles. The Kier molecular flexibility index (Phi) is 8.43. The Bertz CT molecular complexity index is 324. The normalized spacial score (nSPS) is 17.8. The highest BCUT2D eigenvalue weighted by atomic mass is 15.2. The molecule has 1 aliphatic rings. The van der Waals surface area contributed by atoms with Crippen LogP contribution in [-0.4, -0.2) is 49.6 Å². The van der Waals surface area contributed by atoms with Crippen molar-refractivity contribution in [3.05, 3.63) is 12.2 Å². The minimum atomic E-state index is 0.508. The molecule has 21 heavy (non-hydrogen) atoms. The zero-order valence-electron chi connectivity index (χ0n) is 14.5. The fraction of sp³-hybridized carbons (Fsp3) is 0.824. The highest BCUT2D eigenvalue weighted by Crippen LogP contribution is 2.11. The largest absolute Gasteiger partial charge is 0.355 e. The van der Waals surface area contributed by atoms with Crippen molar-refractivity contribution in [2.75, 3.05) is 26.7 Å². The molecular formula is C17H34N4. The first kappa shape index (κ1) is 18.0. The van der Waals surface area contributed by atoms with Crippen LogP contribution in [0.2, 0.25) is 0 Å². The van der Waals surface area contributed by atoms with Gasteiger partial charge in [-0.05, 0) is 38.3 Å². The van der Waals surface area contributed by atoms with Crippen LogP contribution in [-0.2, 0) is 0 Å². The molecule has 0 bridgehead atoms. The van der Waals surface area contributed by atoms with Gasteiger partial charge in [-0.1, -0.05) is 39.8 Å². The molecule has 2 N–H and O–H groups in total. The predicted molar refractivity (Wildman–Crippen MR) is 92.8 cm³/mol. The molecule has 1 atom stereocenters. The lowest BCUT2D eigenvalue weighted by Crippen LogP contribution is -2.49. The summed E-state index contributed by atoms with van der Waals surface area (Å²) in [5.41, 5.74) is 0. The first-order valence-corrected chi connectivity index (χ1v) is 8.46. The summed E-state index contributed by atoms with van der Waals surface area (Å²) in [4.78, 5) is 6.90. The Morgan fingerprint density at radius 1 is 1.24 bits per heavy atom. The minimum Gasteiger partial charge on any atom is -0.355 e. The van der Waals surface area contributed by atoms with Crippen LogP contribution < -0.4 is 10.6 Å². The molecule has 4 heteroatoms. The number of hydrogen-bond donors (Lipinski definition) is 2. The molecule has 0 aromatic carbocycles. The van der Waals surface area contributed by atoms with Crippen molar-refractivity contribution in [1.82, 2.24) is 15.5 Å². The first-order chi connectivity index (χ1) is 10.1. The van der Waals surface area contributed by atoms with Crippen molar-refractivity contribution < 1.29 is 0 Å². The zero-order chi connectivity index (χ0) is 15.7. The third-order valence-corrected chi connectivity index (χ3v) is 4.15. The number of aliphatic imine (C=N–C) groups is 1. The van der Waals surface area contributed by atoms with Gasteiger partial charge < -0.3 is 10.6 Å². The van der Waals surface area contributed by atoms with Crippen LogP contribution in [0.4, 0.5) is 0 Å². The van der Waals surface area contributed by atoms with Crippen LogP contribution in [0.1, 0.15) is 47.0 Å². The second kappa shape index (κ2) is 9.82. The van der Waals surface area contributed by atoms with Gasteiger partial charge in [0.25, 0.3) is 0 Å². The Hall–Kier alpha value is -1.03. The van der Waals surface area contributed by atoms with Gasteiger partial charge in [-0.15, -0.1) is 0 Å². The van der Waals surface area contributed by atoms with Crippen molar-refractivity contribution in [3.8, 4) is 0 Å². The topological polar surface area (TPSA) is 39.7 Å². The summed E-state index contributed by atoms with van der Waals surface area (Å²) in [5, 5.41) is 7.03. The summed E-state index contributed by atoms with van der Waals surface area (Å²) < 4.78 is 0. The van der Waals surface area contributed by atoms with Crippen LogP contribution in [0.25, 0.3) is 0 Å². The molecule has 1 aliphatic carbocycles. The van der Waals surface area contributed by atoms with Gasteiger partial charge in [0.2, 0.25) is 0 Å².